The maximum atomic E-state index is 12.9. The van der Waals surface area contributed by atoms with Gasteiger partial charge in [-0.25, -0.2) is 0 Å². The lowest BCUT2D eigenvalue weighted by Gasteiger charge is -2.38. The molecule has 0 aromatic heterocycles. The number of hydrogen-bond acceptors (Lipinski definition) is 2. The third-order valence-corrected chi connectivity index (χ3v) is 4.96. The van der Waals surface area contributed by atoms with Crippen LogP contribution in [0, 0.1) is 0 Å². The number of benzene rings is 1. The van der Waals surface area contributed by atoms with Gasteiger partial charge in [-0.2, -0.15) is 13.2 Å². The van der Waals surface area contributed by atoms with Gasteiger partial charge < -0.3 is 10.5 Å². The minimum atomic E-state index is -4.39. The Morgan fingerprint density at radius 3 is 2.33 bits per heavy atom. The van der Waals surface area contributed by atoms with Gasteiger partial charge in [-0.05, 0) is 25.0 Å². The zero-order chi connectivity index (χ0) is 15.7. The molecule has 1 aliphatic carbocycles. The fourth-order valence-electron chi connectivity index (χ4n) is 3.21. The molecule has 2 nitrogen and oxygen atoms in total. The molecule has 0 aliphatic heterocycles. The van der Waals surface area contributed by atoms with E-state index in [9.17, 15) is 13.2 Å². The number of methoxy groups -OCH3 is 1. The van der Waals surface area contributed by atoms with Crippen molar-refractivity contribution in [2.24, 2.45) is 5.73 Å². The van der Waals surface area contributed by atoms with Crippen LogP contribution in [-0.4, -0.2) is 13.7 Å². The molecule has 0 amide bonds. The van der Waals surface area contributed by atoms with Crippen LogP contribution in [0.25, 0.3) is 0 Å². The maximum absolute atomic E-state index is 12.9. The van der Waals surface area contributed by atoms with Gasteiger partial charge in [0.15, 0.2) is 0 Å². The molecule has 1 aliphatic rings. The van der Waals surface area contributed by atoms with Crippen LogP contribution < -0.4 is 10.5 Å². The van der Waals surface area contributed by atoms with Crippen molar-refractivity contribution in [3.05, 3.63) is 27.7 Å². The van der Waals surface area contributed by atoms with Gasteiger partial charge in [-0.1, -0.05) is 35.2 Å². The molecule has 0 atom stereocenters. The molecule has 0 bridgehead atoms. The zero-order valence-corrected chi connectivity index (χ0v) is 13.5. The largest absolute Gasteiger partial charge is 0.496 e. The Balaban J connectivity index is 2.57. The smallest absolute Gasteiger partial charge is 0.416 e. The van der Waals surface area contributed by atoms with E-state index in [1.807, 2.05) is 0 Å². The molecule has 0 spiro atoms. The summed E-state index contributed by atoms with van der Waals surface area (Å²) >= 11 is 3.31. The summed E-state index contributed by atoms with van der Waals surface area (Å²) in [6.45, 7) is 0.410. The van der Waals surface area contributed by atoms with E-state index in [1.165, 1.54) is 7.11 Å². The SMILES string of the molecule is COc1cc(C(F)(F)F)cc(Br)c1C1(CN)CCCCC1. The van der Waals surface area contributed by atoms with Gasteiger partial charge in [0.1, 0.15) is 5.75 Å². The summed E-state index contributed by atoms with van der Waals surface area (Å²) in [6, 6.07) is 2.20. The van der Waals surface area contributed by atoms with Crippen LogP contribution in [0.15, 0.2) is 16.6 Å². The van der Waals surface area contributed by atoms with Crippen LogP contribution in [0.2, 0.25) is 0 Å². The molecular weight excluding hydrogens is 347 g/mol. The molecule has 0 unspecified atom stereocenters. The molecule has 2 rings (SSSR count). The number of hydrogen-bond donors (Lipinski definition) is 1. The number of rotatable bonds is 3. The Hall–Kier alpha value is -0.750. The third-order valence-electron chi connectivity index (χ3n) is 4.33. The van der Waals surface area contributed by atoms with Gasteiger partial charge in [0, 0.05) is 22.0 Å². The van der Waals surface area contributed by atoms with Crippen LogP contribution in [0.1, 0.15) is 43.2 Å². The second-order valence-electron chi connectivity index (χ2n) is 5.58. The van der Waals surface area contributed by atoms with E-state index >= 15 is 0 Å². The predicted molar refractivity (Wildman–Crippen MR) is 79.5 cm³/mol. The first-order valence-corrected chi connectivity index (χ1v) is 7.78. The molecule has 21 heavy (non-hydrogen) atoms. The van der Waals surface area contributed by atoms with Gasteiger partial charge in [-0.3, -0.25) is 0 Å². The second kappa shape index (κ2) is 6.16. The fraction of sp³-hybridized carbons (Fsp3) is 0.600. The van der Waals surface area contributed by atoms with Gasteiger partial charge in [0.2, 0.25) is 0 Å². The zero-order valence-electron chi connectivity index (χ0n) is 11.9. The van der Waals surface area contributed by atoms with Crippen molar-refractivity contribution in [3.63, 3.8) is 0 Å². The summed E-state index contributed by atoms with van der Waals surface area (Å²) in [4.78, 5) is 0. The van der Waals surface area contributed by atoms with Crippen molar-refractivity contribution in [2.75, 3.05) is 13.7 Å². The Kier molecular flexibility index (Phi) is 4.88. The Bertz CT molecular complexity index is 510. The van der Waals surface area contributed by atoms with Crippen LogP contribution in [0.4, 0.5) is 13.2 Å². The van der Waals surface area contributed by atoms with Crippen LogP contribution in [0.3, 0.4) is 0 Å². The monoisotopic (exact) mass is 365 g/mol. The highest BCUT2D eigenvalue weighted by Gasteiger charge is 2.39. The summed E-state index contributed by atoms with van der Waals surface area (Å²) < 4.78 is 44.5. The quantitative estimate of drug-likeness (QED) is 0.846. The molecule has 6 heteroatoms. The normalized spacial score (nSPS) is 18.6. The van der Waals surface area contributed by atoms with Crippen LogP contribution >= 0.6 is 15.9 Å². The molecule has 0 saturated heterocycles. The van der Waals surface area contributed by atoms with Crippen molar-refractivity contribution < 1.29 is 17.9 Å². The van der Waals surface area contributed by atoms with E-state index < -0.39 is 11.7 Å². The van der Waals surface area contributed by atoms with E-state index in [1.54, 1.807) is 0 Å². The average molecular weight is 366 g/mol. The predicted octanol–water partition coefficient (Wildman–Crippen LogP) is 4.64. The highest BCUT2D eigenvalue weighted by atomic mass is 79.9. The van der Waals surface area contributed by atoms with Crippen LogP contribution in [0.5, 0.6) is 5.75 Å². The summed E-state index contributed by atoms with van der Waals surface area (Å²) in [6.07, 6.45) is 0.578. The lowest BCUT2D eigenvalue weighted by atomic mass is 9.69. The van der Waals surface area contributed by atoms with Gasteiger partial charge in [0.05, 0.1) is 12.7 Å². The standard InChI is InChI=1S/C15H19BrF3NO/c1-21-12-8-10(15(17,18)19)7-11(16)13(12)14(9-20)5-3-2-4-6-14/h7-8H,2-6,9,20H2,1H3. The molecule has 1 aromatic rings. The summed E-state index contributed by atoms with van der Waals surface area (Å²) in [5.41, 5.74) is 5.76. The van der Waals surface area contributed by atoms with E-state index in [0.29, 0.717) is 11.0 Å². The number of halogens is 4. The van der Waals surface area contributed by atoms with Crippen molar-refractivity contribution in [2.45, 2.75) is 43.7 Å². The highest BCUT2D eigenvalue weighted by molar-refractivity contribution is 9.10. The highest BCUT2D eigenvalue weighted by Crippen LogP contribution is 2.47. The molecule has 1 aromatic carbocycles. The lowest BCUT2D eigenvalue weighted by Crippen LogP contribution is -2.38. The molecular formula is C15H19BrF3NO. The Morgan fingerprint density at radius 2 is 1.86 bits per heavy atom. The third kappa shape index (κ3) is 3.21. The van der Waals surface area contributed by atoms with Gasteiger partial charge >= 0.3 is 6.18 Å². The van der Waals surface area contributed by atoms with Crippen LogP contribution in [-0.2, 0) is 11.6 Å². The minimum Gasteiger partial charge on any atom is -0.496 e. The van der Waals surface area contributed by atoms with Gasteiger partial charge in [0.25, 0.3) is 0 Å². The van der Waals surface area contributed by atoms with Gasteiger partial charge in [-0.15, -0.1) is 0 Å². The minimum absolute atomic E-state index is 0.268. The topological polar surface area (TPSA) is 35.2 Å². The molecule has 0 radical (unpaired) electrons. The first-order chi connectivity index (χ1) is 9.84. The molecule has 2 N–H and O–H groups in total. The summed E-state index contributed by atoms with van der Waals surface area (Å²) in [7, 11) is 1.40. The number of alkyl halides is 3. The molecule has 0 heterocycles. The first-order valence-electron chi connectivity index (χ1n) is 6.99. The molecule has 1 fully saturated rings. The van der Waals surface area contributed by atoms with Crippen molar-refractivity contribution in [3.8, 4) is 5.75 Å². The van der Waals surface area contributed by atoms with E-state index in [4.69, 9.17) is 10.5 Å². The lowest BCUT2D eigenvalue weighted by molar-refractivity contribution is -0.137. The number of ether oxygens (including phenoxy) is 1. The Labute approximate surface area is 131 Å². The summed E-state index contributed by atoms with van der Waals surface area (Å²) in [5.74, 6) is 0.268. The van der Waals surface area contributed by atoms with E-state index in [2.05, 4.69) is 15.9 Å². The Morgan fingerprint density at radius 1 is 1.24 bits per heavy atom. The fourth-order valence-corrected chi connectivity index (χ4v) is 4.07. The molecule has 118 valence electrons. The van der Waals surface area contributed by atoms with Crippen molar-refractivity contribution in [1.29, 1.82) is 0 Å². The van der Waals surface area contributed by atoms with E-state index in [0.717, 1.165) is 49.8 Å². The maximum Gasteiger partial charge on any atom is 0.416 e. The van der Waals surface area contributed by atoms with E-state index in [-0.39, 0.29) is 11.2 Å². The first kappa shape index (κ1) is 16.6. The molecule has 1 saturated carbocycles. The van der Waals surface area contributed by atoms with Crippen molar-refractivity contribution in [1.82, 2.24) is 0 Å². The average Bonchev–Trinajstić information content (AvgIpc) is 2.46. The second-order valence-corrected chi connectivity index (χ2v) is 6.43. The van der Waals surface area contributed by atoms with Crippen molar-refractivity contribution >= 4 is 15.9 Å². The number of nitrogens with two attached hydrogens (primary N) is 1. The summed E-state index contributed by atoms with van der Waals surface area (Å²) in [5, 5.41) is 0.